The molecule has 18 heavy (non-hydrogen) atoms. The van der Waals surface area contributed by atoms with Crippen molar-refractivity contribution in [3.63, 3.8) is 0 Å². The molecule has 0 N–H and O–H groups in total. The zero-order chi connectivity index (χ0) is 13.8. The van der Waals surface area contributed by atoms with Gasteiger partial charge in [0.25, 0.3) is 0 Å². The Morgan fingerprint density at radius 3 is 2.61 bits per heavy atom. The van der Waals surface area contributed by atoms with Crippen molar-refractivity contribution in [1.29, 1.82) is 0 Å². The SMILES string of the molecule is COC(=O)c1nnc(Br)n1COCC[Si](C)(C)C. The molecule has 6 nitrogen and oxygen atoms in total. The van der Waals surface area contributed by atoms with E-state index >= 15 is 0 Å². The number of halogens is 1. The molecule has 1 aromatic rings. The minimum Gasteiger partial charge on any atom is -0.463 e. The first-order valence-corrected chi connectivity index (χ1v) is 10.1. The van der Waals surface area contributed by atoms with Crippen LogP contribution in [-0.4, -0.2) is 42.5 Å². The van der Waals surface area contributed by atoms with Gasteiger partial charge in [0, 0.05) is 14.7 Å². The average Bonchev–Trinajstić information content (AvgIpc) is 2.64. The lowest BCUT2D eigenvalue weighted by Crippen LogP contribution is -2.22. The van der Waals surface area contributed by atoms with Crippen molar-refractivity contribution in [3.8, 4) is 0 Å². The molecule has 1 heterocycles. The van der Waals surface area contributed by atoms with E-state index < -0.39 is 14.0 Å². The quantitative estimate of drug-likeness (QED) is 0.452. The van der Waals surface area contributed by atoms with Gasteiger partial charge in [-0.2, -0.15) is 0 Å². The normalized spacial score (nSPS) is 11.6. The van der Waals surface area contributed by atoms with E-state index in [1.54, 1.807) is 0 Å². The number of hydrogen-bond acceptors (Lipinski definition) is 5. The molecule has 0 saturated heterocycles. The fraction of sp³-hybridized carbons (Fsp3) is 0.700. The van der Waals surface area contributed by atoms with Crippen molar-refractivity contribution in [2.45, 2.75) is 32.4 Å². The molecule has 0 aromatic carbocycles. The third-order valence-electron chi connectivity index (χ3n) is 2.29. The predicted molar refractivity (Wildman–Crippen MR) is 73.2 cm³/mol. The number of carbonyl (C=O) groups is 1. The van der Waals surface area contributed by atoms with Crippen LogP contribution in [0.25, 0.3) is 0 Å². The number of methoxy groups -OCH3 is 1. The Bertz CT molecular complexity index is 417. The molecule has 102 valence electrons. The molecule has 0 aliphatic heterocycles. The van der Waals surface area contributed by atoms with Crippen LogP contribution in [0.15, 0.2) is 4.73 Å². The molecule has 1 rings (SSSR count). The third kappa shape index (κ3) is 4.50. The van der Waals surface area contributed by atoms with Crippen LogP contribution in [0.3, 0.4) is 0 Å². The van der Waals surface area contributed by atoms with E-state index in [1.165, 1.54) is 11.7 Å². The molecule has 0 bridgehead atoms. The number of rotatable bonds is 6. The summed E-state index contributed by atoms with van der Waals surface area (Å²) in [6.07, 6.45) is 0. The molecule has 0 radical (unpaired) electrons. The van der Waals surface area contributed by atoms with Gasteiger partial charge >= 0.3 is 5.97 Å². The molecule has 0 amide bonds. The molecule has 0 fully saturated rings. The van der Waals surface area contributed by atoms with Gasteiger partial charge < -0.3 is 9.47 Å². The molecule has 0 unspecified atom stereocenters. The number of esters is 1. The molecule has 0 aliphatic carbocycles. The van der Waals surface area contributed by atoms with Crippen LogP contribution in [0.1, 0.15) is 10.6 Å². The number of nitrogens with zero attached hydrogens (tertiary/aromatic N) is 3. The summed E-state index contributed by atoms with van der Waals surface area (Å²) in [5.41, 5.74) is 0. The number of carbonyl (C=O) groups excluding carboxylic acids is 1. The topological polar surface area (TPSA) is 66.2 Å². The van der Waals surface area contributed by atoms with Gasteiger partial charge in [-0.3, -0.25) is 4.57 Å². The Hall–Kier alpha value is -0.733. The van der Waals surface area contributed by atoms with Crippen molar-refractivity contribution in [1.82, 2.24) is 14.8 Å². The van der Waals surface area contributed by atoms with Crippen molar-refractivity contribution >= 4 is 30.0 Å². The van der Waals surface area contributed by atoms with E-state index in [9.17, 15) is 4.79 Å². The minimum atomic E-state index is -1.10. The van der Waals surface area contributed by atoms with Crippen LogP contribution < -0.4 is 0 Å². The summed E-state index contributed by atoms with van der Waals surface area (Å²) in [7, 11) is 0.203. The highest BCUT2D eigenvalue weighted by atomic mass is 79.9. The third-order valence-corrected chi connectivity index (χ3v) is 4.58. The maximum Gasteiger partial charge on any atom is 0.376 e. The van der Waals surface area contributed by atoms with Crippen LogP contribution in [0.5, 0.6) is 0 Å². The molecular formula is C10H18BrN3O3Si. The van der Waals surface area contributed by atoms with E-state index in [2.05, 4.69) is 50.5 Å². The fourth-order valence-electron chi connectivity index (χ4n) is 1.17. The number of hydrogen-bond donors (Lipinski definition) is 0. The van der Waals surface area contributed by atoms with Crippen LogP contribution in [0.4, 0.5) is 0 Å². The van der Waals surface area contributed by atoms with Gasteiger partial charge in [0.05, 0.1) is 7.11 Å². The first-order chi connectivity index (χ1) is 8.35. The van der Waals surface area contributed by atoms with E-state index in [-0.39, 0.29) is 12.6 Å². The molecular weight excluding hydrogens is 318 g/mol. The number of aromatic nitrogens is 3. The van der Waals surface area contributed by atoms with Gasteiger partial charge in [-0.05, 0) is 22.0 Å². The monoisotopic (exact) mass is 335 g/mol. The summed E-state index contributed by atoms with van der Waals surface area (Å²) >= 11 is 3.22. The maximum absolute atomic E-state index is 11.4. The van der Waals surface area contributed by atoms with Gasteiger partial charge in [0.1, 0.15) is 6.73 Å². The Morgan fingerprint density at radius 2 is 2.06 bits per heavy atom. The second-order valence-corrected chi connectivity index (χ2v) is 11.4. The van der Waals surface area contributed by atoms with Crippen LogP contribution in [0.2, 0.25) is 25.7 Å². The molecule has 0 spiro atoms. The zero-order valence-electron chi connectivity index (χ0n) is 11.1. The van der Waals surface area contributed by atoms with E-state index in [0.29, 0.717) is 11.3 Å². The summed E-state index contributed by atoms with van der Waals surface area (Å²) in [5, 5.41) is 7.50. The molecule has 0 saturated carbocycles. The van der Waals surface area contributed by atoms with Crippen LogP contribution in [0, 0.1) is 0 Å². The highest BCUT2D eigenvalue weighted by molar-refractivity contribution is 9.10. The molecule has 8 heteroatoms. The Labute approximate surface area is 116 Å². The van der Waals surface area contributed by atoms with Crippen molar-refractivity contribution < 1.29 is 14.3 Å². The first-order valence-electron chi connectivity index (χ1n) is 5.60. The van der Waals surface area contributed by atoms with Crippen LogP contribution >= 0.6 is 15.9 Å². The Morgan fingerprint density at radius 1 is 1.39 bits per heavy atom. The number of ether oxygens (including phenoxy) is 2. The van der Waals surface area contributed by atoms with E-state index in [1.807, 2.05) is 0 Å². The lowest BCUT2D eigenvalue weighted by Gasteiger charge is -2.15. The Kier molecular flexibility index (Phi) is 5.48. The predicted octanol–water partition coefficient (Wildman–Crippen LogP) is 2.14. The van der Waals surface area contributed by atoms with Gasteiger partial charge in [0.2, 0.25) is 10.6 Å². The molecule has 0 atom stereocenters. The second-order valence-electron chi connectivity index (χ2n) is 5.06. The summed E-state index contributed by atoms with van der Waals surface area (Å²) in [6.45, 7) is 7.75. The van der Waals surface area contributed by atoms with Crippen molar-refractivity contribution in [2.75, 3.05) is 13.7 Å². The standard InChI is InChI=1S/C10H18BrN3O3Si/c1-16-9(15)8-12-13-10(11)14(8)7-17-5-6-18(2,3)4/h5-7H2,1-4H3. The largest absolute Gasteiger partial charge is 0.463 e. The zero-order valence-corrected chi connectivity index (χ0v) is 13.7. The van der Waals surface area contributed by atoms with Crippen molar-refractivity contribution in [2.24, 2.45) is 0 Å². The molecule has 1 aromatic heterocycles. The van der Waals surface area contributed by atoms with E-state index in [0.717, 1.165) is 6.04 Å². The minimum absolute atomic E-state index is 0.136. The van der Waals surface area contributed by atoms with Gasteiger partial charge in [-0.25, -0.2) is 4.79 Å². The lowest BCUT2D eigenvalue weighted by atomic mass is 10.6. The van der Waals surface area contributed by atoms with Gasteiger partial charge in [0.15, 0.2) is 0 Å². The van der Waals surface area contributed by atoms with Crippen LogP contribution in [-0.2, 0) is 16.2 Å². The second kappa shape index (κ2) is 6.44. The average molecular weight is 336 g/mol. The van der Waals surface area contributed by atoms with E-state index in [4.69, 9.17) is 4.74 Å². The van der Waals surface area contributed by atoms with Gasteiger partial charge in [-0.15, -0.1) is 10.2 Å². The maximum atomic E-state index is 11.4. The summed E-state index contributed by atoms with van der Waals surface area (Å²) < 4.78 is 12.2. The summed E-state index contributed by atoms with van der Waals surface area (Å²) in [5.74, 6) is -0.389. The highest BCUT2D eigenvalue weighted by Crippen LogP contribution is 2.12. The Balaban J connectivity index is 2.56. The van der Waals surface area contributed by atoms with Gasteiger partial charge in [-0.1, -0.05) is 19.6 Å². The first kappa shape index (κ1) is 15.3. The molecule has 0 aliphatic rings. The highest BCUT2D eigenvalue weighted by Gasteiger charge is 2.18. The summed E-state index contributed by atoms with van der Waals surface area (Å²) in [4.78, 5) is 11.4. The fourth-order valence-corrected chi connectivity index (χ4v) is 2.28. The smallest absolute Gasteiger partial charge is 0.376 e. The summed E-state index contributed by atoms with van der Waals surface area (Å²) in [6, 6.07) is 1.07. The lowest BCUT2D eigenvalue weighted by molar-refractivity contribution is 0.0528. The van der Waals surface area contributed by atoms with Crippen molar-refractivity contribution in [3.05, 3.63) is 10.6 Å².